The summed E-state index contributed by atoms with van der Waals surface area (Å²) in [7, 11) is 0. The van der Waals surface area contributed by atoms with Gasteiger partial charge in [0.2, 0.25) is 0 Å². The van der Waals surface area contributed by atoms with Crippen molar-refractivity contribution in [3.05, 3.63) is 59.4 Å². The standard InChI is InChI=1S/C19H19BrN2O2/c1-3-15-6-5-7-16-21-17(14-10-8-13(12-20)9-11-14)18(22(15)16)19(23)24-4-2/h5-11H,3-4,12H2,1-2H3. The van der Waals surface area contributed by atoms with Gasteiger partial charge in [0.15, 0.2) is 5.69 Å². The maximum absolute atomic E-state index is 12.6. The Balaban J connectivity index is 2.25. The molecule has 0 unspecified atom stereocenters. The van der Waals surface area contributed by atoms with Crippen LogP contribution < -0.4 is 0 Å². The minimum atomic E-state index is -0.342. The summed E-state index contributed by atoms with van der Waals surface area (Å²) in [6.07, 6.45) is 0.808. The Morgan fingerprint density at radius 2 is 1.92 bits per heavy atom. The van der Waals surface area contributed by atoms with Crippen LogP contribution in [-0.4, -0.2) is 22.0 Å². The van der Waals surface area contributed by atoms with E-state index in [1.54, 1.807) is 0 Å². The minimum Gasteiger partial charge on any atom is -0.461 e. The third kappa shape index (κ3) is 2.96. The summed E-state index contributed by atoms with van der Waals surface area (Å²) >= 11 is 3.45. The first-order valence-corrected chi connectivity index (χ1v) is 9.14. The van der Waals surface area contributed by atoms with E-state index in [-0.39, 0.29) is 5.97 Å². The monoisotopic (exact) mass is 386 g/mol. The zero-order valence-corrected chi connectivity index (χ0v) is 15.3. The largest absolute Gasteiger partial charge is 0.461 e. The molecule has 0 radical (unpaired) electrons. The van der Waals surface area contributed by atoms with Crippen molar-refractivity contribution in [3.63, 3.8) is 0 Å². The molecular weight excluding hydrogens is 368 g/mol. The van der Waals surface area contributed by atoms with Crippen molar-refractivity contribution >= 4 is 27.5 Å². The number of carbonyl (C=O) groups is 1. The number of pyridine rings is 1. The Morgan fingerprint density at radius 3 is 2.54 bits per heavy atom. The molecule has 0 atom stereocenters. The number of aryl methyl sites for hydroxylation is 1. The van der Waals surface area contributed by atoms with Crippen molar-refractivity contribution < 1.29 is 9.53 Å². The van der Waals surface area contributed by atoms with E-state index in [4.69, 9.17) is 9.72 Å². The molecule has 0 spiro atoms. The molecule has 0 aliphatic rings. The van der Waals surface area contributed by atoms with E-state index >= 15 is 0 Å². The molecular formula is C19H19BrN2O2. The fraction of sp³-hybridized carbons (Fsp3) is 0.263. The average molecular weight is 387 g/mol. The lowest BCUT2D eigenvalue weighted by molar-refractivity contribution is 0.0519. The predicted molar refractivity (Wildman–Crippen MR) is 98.6 cm³/mol. The number of rotatable bonds is 5. The number of hydrogen-bond donors (Lipinski definition) is 0. The zero-order chi connectivity index (χ0) is 17.1. The second-order valence-corrected chi connectivity index (χ2v) is 5.99. The second-order valence-electron chi connectivity index (χ2n) is 5.42. The SMILES string of the molecule is CCOC(=O)c1c(-c2ccc(CBr)cc2)nc2cccc(CC)n12. The molecule has 0 N–H and O–H groups in total. The van der Waals surface area contributed by atoms with Crippen molar-refractivity contribution in [3.8, 4) is 11.3 Å². The van der Waals surface area contributed by atoms with Gasteiger partial charge in [0.25, 0.3) is 0 Å². The molecule has 0 aliphatic carbocycles. The highest BCUT2D eigenvalue weighted by Gasteiger charge is 2.23. The number of aromatic nitrogens is 2. The van der Waals surface area contributed by atoms with Gasteiger partial charge in [-0.05, 0) is 31.0 Å². The van der Waals surface area contributed by atoms with Gasteiger partial charge in [-0.15, -0.1) is 0 Å². The number of ether oxygens (including phenoxy) is 1. The van der Waals surface area contributed by atoms with Gasteiger partial charge in [0, 0.05) is 16.6 Å². The summed E-state index contributed by atoms with van der Waals surface area (Å²) in [5.74, 6) is -0.342. The van der Waals surface area contributed by atoms with Gasteiger partial charge in [-0.2, -0.15) is 0 Å². The van der Waals surface area contributed by atoms with Crippen LogP contribution in [0.3, 0.4) is 0 Å². The molecule has 2 aromatic heterocycles. The van der Waals surface area contributed by atoms with Gasteiger partial charge < -0.3 is 4.74 Å². The number of benzene rings is 1. The number of esters is 1. The topological polar surface area (TPSA) is 43.6 Å². The normalized spacial score (nSPS) is 11.0. The van der Waals surface area contributed by atoms with Crippen LogP contribution >= 0.6 is 15.9 Å². The Labute approximate surface area is 149 Å². The fourth-order valence-electron chi connectivity index (χ4n) is 2.78. The molecule has 0 amide bonds. The van der Waals surface area contributed by atoms with Crippen LogP contribution in [0.15, 0.2) is 42.5 Å². The van der Waals surface area contributed by atoms with Crippen molar-refractivity contribution in [1.29, 1.82) is 0 Å². The van der Waals surface area contributed by atoms with E-state index in [0.29, 0.717) is 18.0 Å². The van der Waals surface area contributed by atoms with Gasteiger partial charge in [0.1, 0.15) is 11.3 Å². The molecule has 24 heavy (non-hydrogen) atoms. The van der Waals surface area contributed by atoms with Crippen LogP contribution in [0.4, 0.5) is 0 Å². The quantitative estimate of drug-likeness (QED) is 0.473. The Hall–Kier alpha value is -2.14. The van der Waals surface area contributed by atoms with Crippen LogP contribution in [0.5, 0.6) is 0 Å². The minimum absolute atomic E-state index is 0.336. The predicted octanol–water partition coefficient (Wildman–Crippen LogP) is 4.64. The maximum Gasteiger partial charge on any atom is 0.357 e. The van der Waals surface area contributed by atoms with E-state index in [1.807, 2.05) is 53.8 Å². The molecule has 0 bridgehead atoms. The summed E-state index contributed by atoms with van der Waals surface area (Å²) in [6.45, 7) is 4.21. The molecule has 1 aromatic carbocycles. The van der Waals surface area contributed by atoms with Crippen LogP contribution in [-0.2, 0) is 16.5 Å². The van der Waals surface area contributed by atoms with Crippen LogP contribution in [0.25, 0.3) is 16.9 Å². The van der Waals surface area contributed by atoms with E-state index in [0.717, 1.165) is 28.7 Å². The highest BCUT2D eigenvalue weighted by Crippen LogP contribution is 2.27. The molecule has 2 heterocycles. The summed E-state index contributed by atoms with van der Waals surface area (Å²) < 4.78 is 7.20. The summed E-state index contributed by atoms with van der Waals surface area (Å²) in [5.41, 5.74) is 5.04. The van der Waals surface area contributed by atoms with Crippen LogP contribution in [0.2, 0.25) is 0 Å². The van der Waals surface area contributed by atoms with E-state index in [2.05, 4.69) is 22.9 Å². The molecule has 124 valence electrons. The van der Waals surface area contributed by atoms with Crippen molar-refractivity contribution in [2.24, 2.45) is 0 Å². The van der Waals surface area contributed by atoms with Crippen LogP contribution in [0.1, 0.15) is 35.6 Å². The number of imidazole rings is 1. The number of halogens is 1. The van der Waals surface area contributed by atoms with Crippen molar-refractivity contribution in [2.45, 2.75) is 25.6 Å². The first-order valence-electron chi connectivity index (χ1n) is 8.02. The first-order chi connectivity index (χ1) is 11.7. The number of alkyl halides is 1. The number of nitrogens with zero attached hydrogens (tertiary/aromatic N) is 2. The zero-order valence-electron chi connectivity index (χ0n) is 13.8. The van der Waals surface area contributed by atoms with Gasteiger partial charge in [-0.3, -0.25) is 4.40 Å². The molecule has 3 rings (SSSR count). The lowest BCUT2D eigenvalue weighted by Gasteiger charge is -2.08. The molecule has 4 nitrogen and oxygen atoms in total. The van der Waals surface area contributed by atoms with Gasteiger partial charge in [0.05, 0.1) is 6.61 Å². The Morgan fingerprint density at radius 1 is 1.17 bits per heavy atom. The van der Waals surface area contributed by atoms with Crippen molar-refractivity contribution in [2.75, 3.05) is 6.61 Å². The summed E-state index contributed by atoms with van der Waals surface area (Å²) in [5, 5.41) is 0.795. The molecule has 5 heteroatoms. The third-order valence-corrected chi connectivity index (χ3v) is 4.58. The average Bonchev–Trinajstić information content (AvgIpc) is 3.01. The molecule has 0 fully saturated rings. The van der Waals surface area contributed by atoms with Crippen molar-refractivity contribution in [1.82, 2.24) is 9.38 Å². The van der Waals surface area contributed by atoms with E-state index < -0.39 is 0 Å². The number of fused-ring (bicyclic) bond motifs is 1. The molecule has 0 aliphatic heterocycles. The lowest BCUT2D eigenvalue weighted by atomic mass is 10.1. The Kier molecular flexibility index (Phi) is 5.00. The van der Waals surface area contributed by atoms with Gasteiger partial charge in [-0.1, -0.05) is 53.2 Å². The van der Waals surface area contributed by atoms with Crippen LogP contribution in [0, 0.1) is 0 Å². The maximum atomic E-state index is 12.6. The number of carbonyl (C=O) groups excluding carboxylic acids is 1. The van der Waals surface area contributed by atoms with E-state index in [1.165, 1.54) is 5.56 Å². The molecule has 0 saturated carbocycles. The van der Waals surface area contributed by atoms with Gasteiger partial charge in [-0.25, -0.2) is 9.78 Å². The highest BCUT2D eigenvalue weighted by molar-refractivity contribution is 9.08. The molecule has 3 aromatic rings. The smallest absolute Gasteiger partial charge is 0.357 e. The number of hydrogen-bond acceptors (Lipinski definition) is 3. The highest BCUT2D eigenvalue weighted by atomic mass is 79.9. The Bertz CT molecular complexity index is 869. The summed E-state index contributed by atoms with van der Waals surface area (Å²) in [6, 6.07) is 13.9. The lowest BCUT2D eigenvalue weighted by Crippen LogP contribution is -2.11. The second kappa shape index (κ2) is 7.18. The third-order valence-electron chi connectivity index (χ3n) is 3.94. The summed E-state index contributed by atoms with van der Waals surface area (Å²) in [4.78, 5) is 17.3. The molecule has 0 saturated heterocycles. The first kappa shape index (κ1) is 16.7. The van der Waals surface area contributed by atoms with Gasteiger partial charge >= 0.3 is 5.97 Å². The van der Waals surface area contributed by atoms with E-state index in [9.17, 15) is 4.79 Å². The fourth-order valence-corrected chi connectivity index (χ4v) is 3.15.